The predicted molar refractivity (Wildman–Crippen MR) is 60.7 cm³/mol. The summed E-state index contributed by atoms with van der Waals surface area (Å²) in [6, 6.07) is 5.08. The molecule has 0 unspecified atom stereocenters. The van der Waals surface area contributed by atoms with Crippen LogP contribution in [-0.4, -0.2) is 26.7 Å². The highest BCUT2D eigenvalue weighted by molar-refractivity contribution is 5.97. The van der Waals surface area contributed by atoms with Crippen molar-refractivity contribution in [2.45, 2.75) is 0 Å². The molecule has 0 bridgehead atoms. The predicted octanol–water partition coefficient (Wildman–Crippen LogP) is 1.07. The van der Waals surface area contributed by atoms with E-state index in [9.17, 15) is 4.79 Å². The summed E-state index contributed by atoms with van der Waals surface area (Å²) in [5.41, 5.74) is 0.400. The zero-order valence-corrected chi connectivity index (χ0v) is 9.24. The van der Waals surface area contributed by atoms with Gasteiger partial charge in [-0.3, -0.25) is 4.79 Å². The molecule has 0 aliphatic rings. The van der Waals surface area contributed by atoms with Crippen LogP contribution in [0.1, 0.15) is 10.4 Å². The molecule has 4 heteroatoms. The first kappa shape index (κ1) is 11.9. The number of hydrogen-bond acceptors (Lipinski definition) is 3. The monoisotopic (exact) mass is 219 g/mol. The normalized spacial score (nSPS) is 9.06. The Bertz CT molecular complexity index is 421. The van der Waals surface area contributed by atoms with Gasteiger partial charge in [-0.2, -0.15) is 0 Å². The second-order valence-corrected chi connectivity index (χ2v) is 2.93. The second-order valence-electron chi connectivity index (χ2n) is 2.93. The Kier molecular flexibility index (Phi) is 4.22. The van der Waals surface area contributed by atoms with E-state index in [1.54, 1.807) is 18.2 Å². The van der Waals surface area contributed by atoms with Crippen LogP contribution < -0.4 is 14.8 Å². The van der Waals surface area contributed by atoms with Gasteiger partial charge in [0, 0.05) is 0 Å². The molecule has 0 radical (unpaired) electrons. The summed E-state index contributed by atoms with van der Waals surface area (Å²) in [5, 5.41) is 2.56. The van der Waals surface area contributed by atoms with Gasteiger partial charge in [0.1, 0.15) is 0 Å². The maximum atomic E-state index is 11.7. The number of terminal acetylenes is 1. The Hall–Kier alpha value is -2.15. The van der Waals surface area contributed by atoms with Crippen LogP contribution in [0.4, 0.5) is 0 Å². The van der Waals surface area contributed by atoms with E-state index < -0.39 is 0 Å². The fraction of sp³-hybridized carbons (Fsp3) is 0.250. The highest BCUT2D eigenvalue weighted by atomic mass is 16.5. The fourth-order valence-electron chi connectivity index (χ4n) is 1.29. The topological polar surface area (TPSA) is 47.6 Å². The quantitative estimate of drug-likeness (QED) is 0.770. The molecule has 1 N–H and O–H groups in total. The van der Waals surface area contributed by atoms with Crippen molar-refractivity contribution >= 4 is 5.91 Å². The van der Waals surface area contributed by atoms with E-state index in [1.165, 1.54) is 14.2 Å². The van der Waals surface area contributed by atoms with Gasteiger partial charge in [-0.1, -0.05) is 12.0 Å². The summed E-state index contributed by atoms with van der Waals surface area (Å²) < 4.78 is 10.2. The van der Waals surface area contributed by atoms with Gasteiger partial charge >= 0.3 is 0 Å². The third kappa shape index (κ3) is 2.45. The highest BCUT2D eigenvalue weighted by Crippen LogP contribution is 2.30. The Labute approximate surface area is 94.6 Å². The van der Waals surface area contributed by atoms with Crippen LogP contribution in [0.25, 0.3) is 0 Å². The smallest absolute Gasteiger partial charge is 0.255 e. The molecule has 0 spiro atoms. The van der Waals surface area contributed by atoms with Crippen molar-refractivity contribution in [3.8, 4) is 23.8 Å². The van der Waals surface area contributed by atoms with Crippen LogP contribution >= 0.6 is 0 Å². The van der Waals surface area contributed by atoms with Crippen molar-refractivity contribution < 1.29 is 14.3 Å². The van der Waals surface area contributed by atoms with Gasteiger partial charge in [-0.05, 0) is 12.1 Å². The Morgan fingerprint density at radius 1 is 1.44 bits per heavy atom. The summed E-state index contributed by atoms with van der Waals surface area (Å²) in [6.07, 6.45) is 5.06. The minimum Gasteiger partial charge on any atom is -0.493 e. The molecule has 0 aliphatic heterocycles. The number of rotatable bonds is 4. The summed E-state index contributed by atoms with van der Waals surface area (Å²) in [6.45, 7) is 0.180. The van der Waals surface area contributed by atoms with Gasteiger partial charge in [0.05, 0.1) is 26.3 Å². The molecule has 0 heterocycles. The molecule has 0 saturated carbocycles. The van der Waals surface area contributed by atoms with Crippen LogP contribution in [-0.2, 0) is 0 Å². The van der Waals surface area contributed by atoms with E-state index in [2.05, 4.69) is 11.2 Å². The van der Waals surface area contributed by atoms with Crippen molar-refractivity contribution in [2.75, 3.05) is 20.8 Å². The van der Waals surface area contributed by atoms with Crippen LogP contribution in [0.3, 0.4) is 0 Å². The standard InChI is InChI=1S/C12H13NO3/c1-4-8-13-12(14)9-6-5-7-10(15-2)11(9)16-3/h1,5-7H,8H2,2-3H3,(H,13,14). The molecule has 0 aromatic heterocycles. The molecule has 0 fully saturated rings. The lowest BCUT2D eigenvalue weighted by atomic mass is 10.1. The number of benzene rings is 1. The number of para-hydroxylation sites is 1. The van der Waals surface area contributed by atoms with Gasteiger partial charge in [0.2, 0.25) is 0 Å². The van der Waals surface area contributed by atoms with E-state index >= 15 is 0 Å². The molecular formula is C12H13NO3. The molecule has 16 heavy (non-hydrogen) atoms. The van der Waals surface area contributed by atoms with E-state index in [0.717, 1.165) is 0 Å². The van der Waals surface area contributed by atoms with Gasteiger partial charge in [0.25, 0.3) is 5.91 Å². The molecule has 0 atom stereocenters. The zero-order chi connectivity index (χ0) is 12.0. The Morgan fingerprint density at radius 3 is 2.75 bits per heavy atom. The Morgan fingerprint density at radius 2 is 2.19 bits per heavy atom. The summed E-state index contributed by atoms with van der Waals surface area (Å²) in [4.78, 5) is 11.7. The van der Waals surface area contributed by atoms with Crippen LogP contribution in [0.5, 0.6) is 11.5 Å². The number of carbonyl (C=O) groups excluding carboxylic acids is 1. The number of nitrogens with one attached hydrogen (secondary N) is 1. The first-order chi connectivity index (χ1) is 7.74. The first-order valence-corrected chi connectivity index (χ1v) is 4.67. The molecule has 1 aromatic carbocycles. The Balaban J connectivity index is 3.04. The molecular weight excluding hydrogens is 206 g/mol. The van der Waals surface area contributed by atoms with E-state index in [4.69, 9.17) is 15.9 Å². The second kappa shape index (κ2) is 5.66. The minimum atomic E-state index is -0.284. The molecule has 0 aliphatic carbocycles. The molecule has 4 nitrogen and oxygen atoms in total. The number of ether oxygens (including phenoxy) is 2. The fourth-order valence-corrected chi connectivity index (χ4v) is 1.29. The van der Waals surface area contributed by atoms with Crippen molar-refractivity contribution in [3.63, 3.8) is 0 Å². The van der Waals surface area contributed by atoms with Crippen molar-refractivity contribution in [3.05, 3.63) is 23.8 Å². The number of hydrogen-bond donors (Lipinski definition) is 1. The maximum Gasteiger partial charge on any atom is 0.255 e. The van der Waals surface area contributed by atoms with Gasteiger partial charge < -0.3 is 14.8 Å². The number of carbonyl (C=O) groups is 1. The highest BCUT2D eigenvalue weighted by Gasteiger charge is 2.15. The third-order valence-electron chi connectivity index (χ3n) is 2.00. The molecule has 1 rings (SSSR count). The minimum absolute atomic E-state index is 0.180. The SMILES string of the molecule is C#CCNC(=O)c1cccc(OC)c1OC. The van der Waals surface area contributed by atoms with Crippen molar-refractivity contribution in [1.29, 1.82) is 0 Å². The molecule has 1 aromatic rings. The number of amides is 1. The van der Waals surface area contributed by atoms with E-state index in [0.29, 0.717) is 17.1 Å². The van der Waals surface area contributed by atoms with E-state index in [-0.39, 0.29) is 12.5 Å². The van der Waals surface area contributed by atoms with E-state index in [1.807, 2.05) is 0 Å². The largest absolute Gasteiger partial charge is 0.493 e. The number of methoxy groups -OCH3 is 2. The lowest BCUT2D eigenvalue weighted by molar-refractivity contribution is 0.0955. The average molecular weight is 219 g/mol. The van der Waals surface area contributed by atoms with Crippen molar-refractivity contribution in [2.24, 2.45) is 0 Å². The summed E-state index contributed by atoms with van der Waals surface area (Å²) in [5.74, 6) is 2.96. The average Bonchev–Trinajstić information content (AvgIpc) is 2.34. The molecule has 0 saturated heterocycles. The third-order valence-corrected chi connectivity index (χ3v) is 2.00. The van der Waals surface area contributed by atoms with Gasteiger partial charge in [-0.15, -0.1) is 6.42 Å². The van der Waals surface area contributed by atoms with Crippen LogP contribution in [0, 0.1) is 12.3 Å². The maximum absolute atomic E-state index is 11.7. The molecule has 1 amide bonds. The van der Waals surface area contributed by atoms with Crippen LogP contribution in [0.2, 0.25) is 0 Å². The lowest BCUT2D eigenvalue weighted by Crippen LogP contribution is -2.24. The van der Waals surface area contributed by atoms with Gasteiger partial charge in [-0.25, -0.2) is 0 Å². The van der Waals surface area contributed by atoms with Crippen molar-refractivity contribution in [1.82, 2.24) is 5.32 Å². The first-order valence-electron chi connectivity index (χ1n) is 4.67. The van der Waals surface area contributed by atoms with Crippen LogP contribution in [0.15, 0.2) is 18.2 Å². The summed E-state index contributed by atoms with van der Waals surface area (Å²) in [7, 11) is 3.00. The summed E-state index contributed by atoms with van der Waals surface area (Å²) >= 11 is 0. The lowest BCUT2D eigenvalue weighted by Gasteiger charge is -2.11. The van der Waals surface area contributed by atoms with Gasteiger partial charge in [0.15, 0.2) is 11.5 Å². The zero-order valence-electron chi connectivity index (χ0n) is 9.24. The molecule has 84 valence electrons.